The van der Waals surface area contributed by atoms with Crippen LogP contribution in [0.4, 0.5) is 5.82 Å². The van der Waals surface area contributed by atoms with Crippen molar-refractivity contribution in [3.8, 4) is 17.0 Å². The Bertz CT molecular complexity index is 951. The number of nitrogens with two attached hydrogens (primary N) is 1. The topological polar surface area (TPSA) is 97.1 Å². The lowest BCUT2D eigenvalue weighted by Gasteiger charge is -2.25. The van der Waals surface area contributed by atoms with Crippen LogP contribution in [0.5, 0.6) is 5.75 Å². The van der Waals surface area contributed by atoms with Crippen molar-refractivity contribution in [2.75, 3.05) is 43.5 Å². The summed E-state index contributed by atoms with van der Waals surface area (Å²) in [5, 5.41) is 7.91. The van der Waals surface area contributed by atoms with Gasteiger partial charge in [-0.3, -0.25) is 9.31 Å². The van der Waals surface area contributed by atoms with E-state index in [9.17, 15) is 4.21 Å². The van der Waals surface area contributed by atoms with Gasteiger partial charge in [0.1, 0.15) is 11.6 Å². The fraction of sp³-hybridized carbons (Fsp3) is 0.400. The number of unbranched alkanes of at least 4 members (excludes halogenated alkanes) is 1. The van der Waals surface area contributed by atoms with Crippen LogP contribution in [0.2, 0.25) is 0 Å². The lowest BCUT2D eigenvalue weighted by Crippen LogP contribution is -2.38. The molecule has 8 heteroatoms. The highest BCUT2D eigenvalue weighted by Gasteiger charge is 2.14. The summed E-state index contributed by atoms with van der Waals surface area (Å²) >= 11 is 0. The average Bonchev–Trinajstić information content (AvgIpc) is 3.23. The van der Waals surface area contributed by atoms with Crippen molar-refractivity contribution < 1.29 is 8.95 Å². The molecule has 148 valence electrons. The molecule has 28 heavy (non-hydrogen) atoms. The molecule has 3 N–H and O–H groups in total. The van der Waals surface area contributed by atoms with Gasteiger partial charge in [-0.1, -0.05) is 6.07 Å². The number of rotatable bonds is 7. The van der Waals surface area contributed by atoms with E-state index >= 15 is 0 Å². The lowest BCUT2D eigenvalue weighted by atomic mass is 10.1. The Morgan fingerprint density at radius 2 is 2.04 bits per heavy atom. The molecular weight excluding hydrogens is 374 g/mol. The van der Waals surface area contributed by atoms with Crippen LogP contribution in [0.25, 0.3) is 22.2 Å². The summed E-state index contributed by atoms with van der Waals surface area (Å²) in [6.45, 7) is 3.56. The molecule has 0 atom stereocenters. The predicted octanol–water partition coefficient (Wildman–Crippen LogP) is 2.43. The van der Waals surface area contributed by atoms with Crippen LogP contribution in [0.3, 0.4) is 0 Å². The summed E-state index contributed by atoms with van der Waals surface area (Å²) in [5.41, 5.74) is 8.75. The maximum Gasteiger partial charge on any atom is 0.132 e. The van der Waals surface area contributed by atoms with E-state index in [1.165, 1.54) is 0 Å². The molecule has 0 aliphatic carbocycles. The van der Waals surface area contributed by atoms with Gasteiger partial charge >= 0.3 is 0 Å². The van der Waals surface area contributed by atoms with E-state index in [1.54, 1.807) is 12.3 Å². The number of pyridine rings is 1. The minimum absolute atomic E-state index is 0.450. The number of H-pyrrole nitrogens is 1. The van der Waals surface area contributed by atoms with Gasteiger partial charge in [0, 0.05) is 58.6 Å². The number of nitrogens with one attached hydrogen (secondary N) is 1. The van der Waals surface area contributed by atoms with Gasteiger partial charge in [0.05, 0.1) is 17.8 Å². The molecule has 3 aromatic rings. The monoisotopic (exact) mass is 399 g/mol. The average molecular weight is 400 g/mol. The number of nitrogen functional groups attached to an aromatic ring is 1. The number of hydrogen-bond acceptors (Lipinski definition) is 6. The largest absolute Gasteiger partial charge is 0.493 e. The molecule has 1 aliphatic rings. The van der Waals surface area contributed by atoms with Crippen molar-refractivity contribution in [2.24, 2.45) is 0 Å². The summed E-state index contributed by atoms with van der Waals surface area (Å²) in [7, 11) is -0.612. The Morgan fingerprint density at radius 3 is 2.82 bits per heavy atom. The molecule has 3 heterocycles. The first-order chi connectivity index (χ1) is 13.7. The minimum Gasteiger partial charge on any atom is -0.493 e. The summed E-state index contributed by atoms with van der Waals surface area (Å²) in [6.07, 6.45) is 3.76. The van der Waals surface area contributed by atoms with Crippen LogP contribution in [-0.4, -0.2) is 62.0 Å². The second-order valence-corrected chi connectivity index (χ2v) is 8.69. The highest BCUT2D eigenvalue weighted by molar-refractivity contribution is 7.85. The van der Waals surface area contributed by atoms with Gasteiger partial charge in [-0.25, -0.2) is 4.98 Å². The second kappa shape index (κ2) is 8.70. The van der Waals surface area contributed by atoms with Gasteiger partial charge < -0.3 is 15.4 Å². The normalized spacial score (nSPS) is 15.9. The molecule has 4 rings (SSSR count). The standard InChI is InChI=1S/C20H25N5O2S/c21-20-14-19(27-10-2-1-7-25-8-11-28(26)12-9-25)16-4-3-15(13-18(16)23-20)17-5-6-22-24-17/h3-6,13-14H,1-2,7-12H2,(H2,21,23)(H,22,24). The van der Waals surface area contributed by atoms with Crippen molar-refractivity contribution in [1.82, 2.24) is 20.1 Å². The van der Waals surface area contributed by atoms with Crippen LogP contribution >= 0.6 is 0 Å². The molecule has 0 spiro atoms. The molecule has 1 fully saturated rings. The van der Waals surface area contributed by atoms with Gasteiger partial charge in [0.15, 0.2) is 0 Å². The summed E-state index contributed by atoms with van der Waals surface area (Å²) < 4.78 is 17.4. The van der Waals surface area contributed by atoms with Gasteiger partial charge in [0.2, 0.25) is 0 Å². The van der Waals surface area contributed by atoms with Crippen LogP contribution in [0.15, 0.2) is 36.5 Å². The third-order valence-corrected chi connectivity index (χ3v) is 6.28. The highest BCUT2D eigenvalue weighted by Crippen LogP contribution is 2.30. The minimum atomic E-state index is -0.612. The van der Waals surface area contributed by atoms with E-state index in [0.717, 1.165) is 71.9 Å². The number of ether oxygens (including phenoxy) is 1. The first kappa shape index (κ1) is 18.9. The molecular formula is C20H25N5O2S. The van der Waals surface area contributed by atoms with E-state index in [2.05, 4.69) is 20.1 Å². The molecule has 0 bridgehead atoms. The number of aromatic nitrogens is 3. The van der Waals surface area contributed by atoms with Crippen LogP contribution in [0, 0.1) is 0 Å². The predicted molar refractivity (Wildman–Crippen MR) is 113 cm³/mol. The van der Waals surface area contributed by atoms with Gasteiger partial charge in [-0.2, -0.15) is 5.10 Å². The van der Waals surface area contributed by atoms with Crippen molar-refractivity contribution in [1.29, 1.82) is 0 Å². The van der Waals surface area contributed by atoms with Crippen molar-refractivity contribution >= 4 is 27.5 Å². The number of aromatic amines is 1. The van der Waals surface area contributed by atoms with Crippen molar-refractivity contribution in [2.45, 2.75) is 12.8 Å². The smallest absolute Gasteiger partial charge is 0.132 e. The maximum atomic E-state index is 11.4. The molecule has 1 aliphatic heterocycles. The van der Waals surface area contributed by atoms with Gasteiger partial charge in [0.25, 0.3) is 0 Å². The Balaban J connectivity index is 1.36. The fourth-order valence-corrected chi connectivity index (χ4v) is 4.57. The zero-order chi connectivity index (χ0) is 19.3. The van der Waals surface area contributed by atoms with Gasteiger partial charge in [-0.15, -0.1) is 0 Å². The van der Waals surface area contributed by atoms with Crippen molar-refractivity contribution in [3.63, 3.8) is 0 Å². The molecule has 0 radical (unpaired) electrons. The van der Waals surface area contributed by atoms with Crippen molar-refractivity contribution in [3.05, 3.63) is 36.5 Å². The third kappa shape index (κ3) is 4.51. The van der Waals surface area contributed by atoms with E-state index < -0.39 is 10.8 Å². The number of anilines is 1. The Morgan fingerprint density at radius 1 is 1.18 bits per heavy atom. The summed E-state index contributed by atoms with van der Waals surface area (Å²) in [4.78, 5) is 6.84. The number of nitrogens with zero attached hydrogens (tertiary/aromatic N) is 3. The summed E-state index contributed by atoms with van der Waals surface area (Å²) in [6, 6.07) is 9.75. The molecule has 0 unspecified atom stereocenters. The van der Waals surface area contributed by atoms with E-state index in [4.69, 9.17) is 10.5 Å². The summed E-state index contributed by atoms with van der Waals surface area (Å²) in [5.74, 6) is 2.83. The quantitative estimate of drug-likeness (QED) is 0.592. The molecule has 1 aromatic carbocycles. The molecule has 0 amide bonds. The fourth-order valence-electron chi connectivity index (χ4n) is 3.44. The molecule has 0 saturated carbocycles. The van der Waals surface area contributed by atoms with Crippen LogP contribution < -0.4 is 10.5 Å². The Labute approximate surface area is 166 Å². The molecule has 1 saturated heterocycles. The Hall–Kier alpha value is -2.45. The van der Waals surface area contributed by atoms with E-state index in [-0.39, 0.29) is 0 Å². The van der Waals surface area contributed by atoms with Crippen LogP contribution in [-0.2, 0) is 10.8 Å². The first-order valence-corrected chi connectivity index (χ1v) is 11.1. The lowest BCUT2D eigenvalue weighted by molar-refractivity contribution is 0.265. The molecule has 7 nitrogen and oxygen atoms in total. The maximum absolute atomic E-state index is 11.4. The SMILES string of the molecule is Nc1cc(OCCCCN2CCS(=O)CC2)c2ccc(-c3ccn[nH]3)cc2n1. The number of hydrogen-bond donors (Lipinski definition) is 2. The highest BCUT2D eigenvalue weighted by atomic mass is 32.2. The zero-order valence-corrected chi connectivity index (χ0v) is 16.6. The number of fused-ring (bicyclic) bond motifs is 1. The van der Waals surface area contributed by atoms with Gasteiger partial charge in [-0.05, 0) is 37.6 Å². The zero-order valence-electron chi connectivity index (χ0n) is 15.8. The van der Waals surface area contributed by atoms with E-state index in [0.29, 0.717) is 12.4 Å². The first-order valence-electron chi connectivity index (χ1n) is 9.59. The van der Waals surface area contributed by atoms with Crippen LogP contribution in [0.1, 0.15) is 12.8 Å². The third-order valence-electron chi connectivity index (χ3n) is 5.00. The molecule has 2 aromatic heterocycles. The number of benzene rings is 1. The van der Waals surface area contributed by atoms with E-state index in [1.807, 2.05) is 24.3 Å². The Kier molecular flexibility index (Phi) is 5.87. The second-order valence-electron chi connectivity index (χ2n) is 6.99.